The number of fused-ring (bicyclic) bond motifs is 2. The molecule has 1 atom stereocenters. The minimum Gasteiger partial charge on any atom is -0.497 e. The molecule has 0 bridgehead atoms. The third-order valence-electron chi connectivity index (χ3n) is 4.16. The number of allylic oxidation sites excluding steroid dienone is 2. The Morgan fingerprint density at radius 2 is 2.14 bits per heavy atom. The third kappa shape index (κ3) is 2.27. The number of hydrogen-bond acceptors (Lipinski definition) is 3. The lowest BCUT2D eigenvalue weighted by atomic mass is 9.73. The van der Waals surface area contributed by atoms with Gasteiger partial charge in [0.15, 0.2) is 5.78 Å². The first-order valence-corrected chi connectivity index (χ1v) is 7.19. The average molecular weight is 284 g/mol. The molecule has 0 saturated heterocycles. The van der Waals surface area contributed by atoms with E-state index in [0.29, 0.717) is 6.42 Å². The lowest BCUT2D eigenvalue weighted by Crippen LogP contribution is -2.29. The van der Waals surface area contributed by atoms with Crippen LogP contribution in [-0.2, 0) is 9.53 Å². The van der Waals surface area contributed by atoms with Gasteiger partial charge >= 0.3 is 0 Å². The van der Waals surface area contributed by atoms with Gasteiger partial charge in [-0.1, -0.05) is 26.5 Å². The van der Waals surface area contributed by atoms with Crippen LogP contribution < -0.4 is 4.74 Å². The summed E-state index contributed by atoms with van der Waals surface area (Å²) in [5, 5.41) is 0. The second-order valence-corrected chi connectivity index (χ2v) is 6.47. The standard InChI is InChI=1S/C18H20O3/c1-5-15-12-7-6-11(20-4)8-13(12)17-14(19)9-18(2,3)10-16(17)21-15/h5-8,15H,1,9-10H2,2-4H3. The van der Waals surface area contributed by atoms with E-state index in [0.717, 1.165) is 34.6 Å². The number of ether oxygens (including phenoxy) is 2. The van der Waals surface area contributed by atoms with Crippen LogP contribution in [0.1, 0.15) is 43.9 Å². The maximum Gasteiger partial charge on any atom is 0.167 e. The highest BCUT2D eigenvalue weighted by Gasteiger charge is 2.39. The summed E-state index contributed by atoms with van der Waals surface area (Å²) in [5.74, 6) is 1.70. The van der Waals surface area contributed by atoms with Gasteiger partial charge in [0, 0.05) is 18.4 Å². The van der Waals surface area contributed by atoms with E-state index in [4.69, 9.17) is 9.47 Å². The molecule has 1 aliphatic carbocycles. The molecular weight excluding hydrogens is 264 g/mol. The van der Waals surface area contributed by atoms with E-state index in [9.17, 15) is 4.79 Å². The summed E-state index contributed by atoms with van der Waals surface area (Å²) < 4.78 is 11.3. The van der Waals surface area contributed by atoms with Crippen molar-refractivity contribution in [2.24, 2.45) is 5.41 Å². The van der Waals surface area contributed by atoms with Crippen molar-refractivity contribution in [3.05, 3.63) is 47.7 Å². The van der Waals surface area contributed by atoms with E-state index in [1.54, 1.807) is 13.2 Å². The molecule has 0 saturated carbocycles. The molecule has 0 radical (unpaired) electrons. The molecule has 21 heavy (non-hydrogen) atoms. The van der Waals surface area contributed by atoms with Crippen molar-refractivity contribution in [2.45, 2.75) is 32.8 Å². The lowest BCUT2D eigenvalue weighted by molar-refractivity contribution is -0.116. The van der Waals surface area contributed by atoms with Gasteiger partial charge in [0.2, 0.25) is 0 Å². The van der Waals surface area contributed by atoms with Crippen LogP contribution in [0.3, 0.4) is 0 Å². The Morgan fingerprint density at radius 1 is 1.38 bits per heavy atom. The van der Waals surface area contributed by atoms with Crippen molar-refractivity contribution >= 4 is 11.4 Å². The molecule has 0 aromatic heterocycles. The molecular formula is C18H20O3. The Morgan fingerprint density at radius 3 is 2.81 bits per heavy atom. The van der Waals surface area contributed by atoms with Gasteiger partial charge in [-0.25, -0.2) is 0 Å². The maximum absolute atomic E-state index is 12.6. The van der Waals surface area contributed by atoms with E-state index >= 15 is 0 Å². The molecule has 110 valence electrons. The van der Waals surface area contributed by atoms with Crippen molar-refractivity contribution in [2.75, 3.05) is 7.11 Å². The van der Waals surface area contributed by atoms with Crippen LogP contribution in [-0.4, -0.2) is 12.9 Å². The third-order valence-corrected chi connectivity index (χ3v) is 4.16. The van der Waals surface area contributed by atoms with E-state index in [-0.39, 0.29) is 17.3 Å². The monoisotopic (exact) mass is 284 g/mol. The van der Waals surface area contributed by atoms with Crippen molar-refractivity contribution in [3.8, 4) is 5.75 Å². The Labute approximate surface area is 125 Å². The zero-order chi connectivity index (χ0) is 15.2. The number of benzene rings is 1. The molecule has 1 aliphatic heterocycles. The number of hydrogen-bond donors (Lipinski definition) is 0. The quantitative estimate of drug-likeness (QED) is 0.768. The van der Waals surface area contributed by atoms with Crippen LogP contribution in [0.2, 0.25) is 0 Å². The molecule has 0 N–H and O–H groups in total. The highest BCUT2D eigenvalue weighted by atomic mass is 16.5. The molecule has 1 aromatic rings. The first kappa shape index (κ1) is 13.9. The summed E-state index contributed by atoms with van der Waals surface area (Å²) >= 11 is 0. The Balaban J connectivity index is 2.20. The Kier molecular flexibility index (Phi) is 3.16. The molecule has 1 aromatic carbocycles. The van der Waals surface area contributed by atoms with Crippen LogP contribution in [0.5, 0.6) is 5.75 Å². The second kappa shape index (κ2) is 4.76. The predicted molar refractivity (Wildman–Crippen MR) is 82.0 cm³/mol. The molecule has 1 unspecified atom stereocenters. The summed E-state index contributed by atoms with van der Waals surface area (Å²) in [6.45, 7) is 8.05. The fourth-order valence-electron chi connectivity index (χ4n) is 3.18. The van der Waals surface area contributed by atoms with Crippen molar-refractivity contribution in [1.82, 2.24) is 0 Å². The minimum atomic E-state index is -0.202. The highest BCUT2D eigenvalue weighted by Crippen LogP contribution is 2.47. The van der Waals surface area contributed by atoms with Crippen LogP contribution >= 0.6 is 0 Å². The smallest absolute Gasteiger partial charge is 0.167 e. The van der Waals surface area contributed by atoms with Crippen LogP contribution in [0.4, 0.5) is 0 Å². The molecule has 0 fully saturated rings. The maximum atomic E-state index is 12.6. The van der Waals surface area contributed by atoms with Crippen LogP contribution in [0.25, 0.3) is 5.57 Å². The van der Waals surface area contributed by atoms with Gasteiger partial charge in [0.05, 0.1) is 12.7 Å². The number of carbonyl (C=O) groups excluding carboxylic acids is 1. The molecule has 0 spiro atoms. The van der Waals surface area contributed by atoms with Gasteiger partial charge in [0.1, 0.15) is 17.6 Å². The van der Waals surface area contributed by atoms with Crippen LogP contribution in [0, 0.1) is 5.41 Å². The number of rotatable bonds is 2. The van der Waals surface area contributed by atoms with Gasteiger partial charge in [0.25, 0.3) is 0 Å². The first-order valence-electron chi connectivity index (χ1n) is 7.19. The number of carbonyl (C=O) groups is 1. The average Bonchev–Trinajstić information content (AvgIpc) is 2.43. The van der Waals surface area contributed by atoms with Crippen LogP contribution in [0.15, 0.2) is 36.6 Å². The first-order chi connectivity index (χ1) is 9.95. The molecule has 2 aliphatic rings. The zero-order valence-electron chi connectivity index (χ0n) is 12.7. The highest BCUT2D eigenvalue weighted by molar-refractivity contribution is 6.23. The van der Waals surface area contributed by atoms with E-state index in [1.165, 1.54) is 0 Å². The molecule has 3 nitrogen and oxygen atoms in total. The van der Waals surface area contributed by atoms with Gasteiger partial charge in [-0.3, -0.25) is 4.79 Å². The van der Waals surface area contributed by atoms with E-state index in [2.05, 4.69) is 20.4 Å². The fourth-order valence-corrected chi connectivity index (χ4v) is 3.18. The topological polar surface area (TPSA) is 35.5 Å². The second-order valence-electron chi connectivity index (χ2n) is 6.47. The SMILES string of the molecule is C=CC1OC2=C(C(=O)CC(C)(C)C2)c2cc(OC)ccc21. The summed E-state index contributed by atoms with van der Waals surface area (Å²) in [7, 11) is 1.63. The summed E-state index contributed by atoms with van der Waals surface area (Å²) in [4.78, 5) is 12.6. The minimum absolute atomic E-state index is 0.0575. The zero-order valence-corrected chi connectivity index (χ0v) is 12.7. The largest absolute Gasteiger partial charge is 0.497 e. The lowest BCUT2D eigenvalue weighted by Gasteiger charge is -2.37. The van der Waals surface area contributed by atoms with Gasteiger partial charge < -0.3 is 9.47 Å². The summed E-state index contributed by atoms with van der Waals surface area (Å²) in [6, 6.07) is 5.78. The molecule has 3 heteroatoms. The molecule has 3 rings (SSSR count). The molecule has 0 amide bonds. The van der Waals surface area contributed by atoms with Gasteiger partial charge in [-0.2, -0.15) is 0 Å². The van der Waals surface area contributed by atoms with Crippen molar-refractivity contribution in [3.63, 3.8) is 0 Å². The van der Waals surface area contributed by atoms with Gasteiger partial charge in [-0.05, 0) is 29.2 Å². The Bertz CT molecular complexity index is 652. The van der Waals surface area contributed by atoms with Crippen molar-refractivity contribution in [1.29, 1.82) is 0 Å². The van der Waals surface area contributed by atoms with Gasteiger partial charge in [-0.15, -0.1) is 0 Å². The normalized spacial score (nSPS) is 23.0. The number of Topliss-reactive ketones (excluding diaryl/α,β-unsaturated/α-hetero) is 1. The van der Waals surface area contributed by atoms with Crippen molar-refractivity contribution < 1.29 is 14.3 Å². The fraction of sp³-hybridized carbons (Fsp3) is 0.389. The predicted octanol–water partition coefficient (Wildman–Crippen LogP) is 4.05. The Hall–Kier alpha value is -2.03. The number of methoxy groups -OCH3 is 1. The summed E-state index contributed by atoms with van der Waals surface area (Å²) in [6.07, 6.45) is 2.90. The van der Waals surface area contributed by atoms with E-state index in [1.807, 2.05) is 18.2 Å². The molecule has 1 heterocycles. The summed E-state index contributed by atoms with van der Waals surface area (Å²) in [5.41, 5.74) is 2.58. The van der Waals surface area contributed by atoms with E-state index < -0.39 is 0 Å². The number of ketones is 1.